The molecular weight excluding hydrogens is 320 g/mol. The summed E-state index contributed by atoms with van der Waals surface area (Å²) in [6, 6.07) is 0.175. The van der Waals surface area contributed by atoms with Crippen LogP contribution in [-0.4, -0.2) is 85.2 Å². The lowest BCUT2D eigenvalue weighted by molar-refractivity contribution is -0.130. The van der Waals surface area contributed by atoms with Crippen molar-refractivity contribution in [2.75, 3.05) is 39.3 Å². The molecule has 2 heterocycles. The Morgan fingerprint density at radius 3 is 2.12 bits per heavy atom. The Morgan fingerprint density at radius 1 is 1.00 bits per heavy atom. The van der Waals surface area contributed by atoms with Gasteiger partial charge in [0.2, 0.25) is 11.8 Å². The first kappa shape index (κ1) is 18.6. The van der Waals surface area contributed by atoms with Gasteiger partial charge in [0.15, 0.2) is 0 Å². The third-order valence-electron chi connectivity index (χ3n) is 5.65. The minimum atomic E-state index is -0.140. The smallest absolute Gasteiger partial charge is 0.237 e. The van der Waals surface area contributed by atoms with Crippen LogP contribution < -0.4 is 10.6 Å². The lowest BCUT2D eigenvalue weighted by Gasteiger charge is -2.39. The van der Waals surface area contributed by atoms with Crippen LogP contribution in [0.5, 0.6) is 0 Å². The van der Waals surface area contributed by atoms with E-state index in [1.165, 1.54) is 0 Å². The maximum atomic E-state index is 12.4. The zero-order valence-corrected chi connectivity index (χ0v) is 15.5. The number of nitrogens with zero attached hydrogens (tertiary/aromatic N) is 2. The van der Waals surface area contributed by atoms with Crippen LogP contribution in [0.1, 0.15) is 39.5 Å². The lowest BCUT2D eigenvalue weighted by atomic mass is 10.1. The van der Waals surface area contributed by atoms with Crippen LogP contribution in [-0.2, 0) is 14.3 Å². The second-order valence-corrected chi connectivity index (χ2v) is 7.59. The van der Waals surface area contributed by atoms with Gasteiger partial charge in [0, 0.05) is 45.4 Å². The van der Waals surface area contributed by atoms with Gasteiger partial charge in [-0.05, 0) is 39.5 Å². The number of rotatable bonds is 7. The van der Waals surface area contributed by atoms with Crippen LogP contribution in [0.4, 0.5) is 0 Å². The molecule has 142 valence electrons. The number of carbonyl (C=O) groups excluding carboxylic acids is 2. The standard InChI is InChI=1S/C18H32N4O3/c1-13(17(23)19-12-16-4-3-11-25-16)21-7-9-22(10-8-21)14(2)18(24)20-15-5-6-15/h13-16H,3-12H2,1-2H3,(H,19,23)(H,20,24). The molecule has 2 saturated heterocycles. The molecule has 3 rings (SSSR count). The number of carbonyl (C=O) groups is 2. The fraction of sp³-hybridized carbons (Fsp3) is 0.889. The SMILES string of the molecule is CC(C(=O)NCC1CCCO1)N1CCN(C(C)C(=O)NC2CC2)CC1. The number of ether oxygens (including phenoxy) is 1. The van der Waals surface area contributed by atoms with E-state index < -0.39 is 0 Å². The molecule has 0 aromatic carbocycles. The molecule has 3 atom stereocenters. The number of piperazine rings is 1. The summed E-state index contributed by atoms with van der Waals surface area (Å²) in [6.45, 7) is 8.64. The Balaban J connectivity index is 1.38. The monoisotopic (exact) mass is 352 g/mol. The summed E-state index contributed by atoms with van der Waals surface area (Å²) in [5.41, 5.74) is 0. The Morgan fingerprint density at radius 2 is 1.60 bits per heavy atom. The highest BCUT2D eigenvalue weighted by Gasteiger charge is 2.32. The average molecular weight is 352 g/mol. The van der Waals surface area contributed by atoms with Gasteiger partial charge < -0.3 is 15.4 Å². The highest BCUT2D eigenvalue weighted by molar-refractivity contribution is 5.82. The van der Waals surface area contributed by atoms with Gasteiger partial charge >= 0.3 is 0 Å². The summed E-state index contributed by atoms with van der Waals surface area (Å²) in [5, 5.41) is 6.10. The Bertz CT molecular complexity index is 469. The van der Waals surface area contributed by atoms with Crippen molar-refractivity contribution in [1.82, 2.24) is 20.4 Å². The third kappa shape index (κ3) is 5.15. The van der Waals surface area contributed by atoms with Crippen molar-refractivity contribution >= 4 is 11.8 Å². The average Bonchev–Trinajstić information content (AvgIpc) is 3.29. The van der Waals surface area contributed by atoms with Gasteiger partial charge in [-0.25, -0.2) is 0 Å². The molecular formula is C18H32N4O3. The molecule has 0 aromatic heterocycles. The molecule has 3 aliphatic rings. The van der Waals surface area contributed by atoms with E-state index >= 15 is 0 Å². The van der Waals surface area contributed by atoms with E-state index in [4.69, 9.17) is 4.74 Å². The first-order valence-electron chi connectivity index (χ1n) is 9.72. The molecule has 0 spiro atoms. The topological polar surface area (TPSA) is 73.9 Å². The summed E-state index contributed by atoms with van der Waals surface area (Å²) in [4.78, 5) is 29.0. The molecule has 2 N–H and O–H groups in total. The van der Waals surface area contributed by atoms with Gasteiger partial charge in [-0.3, -0.25) is 19.4 Å². The Hall–Kier alpha value is -1.18. The largest absolute Gasteiger partial charge is 0.376 e. The molecule has 0 bridgehead atoms. The normalized spacial score (nSPS) is 27.7. The van der Waals surface area contributed by atoms with E-state index in [9.17, 15) is 9.59 Å². The minimum Gasteiger partial charge on any atom is -0.376 e. The Labute approximate surface area is 150 Å². The van der Waals surface area contributed by atoms with Crippen LogP contribution in [0.3, 0.4) is 0 Å². The maximum absolute atomic E-state index is 12.4. The van der Waals surface area contributed by atoms with Gasteiger partial charge in [0.25, 0.3) is 0 Å². The van der Waals surface area contributed by atoms with Crippen LogP contribution >= 0.6 is 0 Å². The fourth-order valence-electron chi connectivity index (χ4n) is 3.56. The van der Waals surface area contributed by atoms with Crippen molar-refractivity contribution < 1.29 is 14.3 Å². The van der Waals surface area contributed by atoms with Crippen molar-refractivity contribution in [1.29, 1.82) is 0 Å². The Kier molecular flexibility index (Phi) is 6.30. The third-order valence-corrected chi connectivity index (χ3v) is 5.65. The molecule has 25 heavy (non-hydrogen) atoms. The molecule has 2 aliphatic heterocycles. The van der Waals surface area contributed by atoms with Crippen molar-refractivity contribution in [3.05, 3.63) is 0 Å². The van der Waals surface area contributed by atoms with Crippen LogP contribution in [0.15, 0.2) is 0 Å². The second kappa shape index (κ2) is 8.47. The predicted octanol–water partition coefficient (Wildman–Crippen LogP) is -0.0452. The van der Waals surface area contributed by atoms with Crippen molar-refractivity contribution in [2.45, 2.75) is 63.8 Å². The molecule has 1 aliphatic carbocycles. The van der Waals surface area contributed by atoms with Crippen LogP contribution in [0.25, 0.3) is 0 Å². The zero-order chi connectivity index (χ0) is 17.8. The molecule has 0 radical (unpaired) electrons. The summed E-state index contributed by atoms with van der Waals surface area (Å²) in [6.07, 6.45) is 4.53. The molecule has 3 fully saturated rings. The molecule has 0 aromatic rings. The predicted molar refractivity (Wildman–Crippen MR) is 95.2 cm³/mol. The van der Waals surface area contributed by atoms with Crippen LogP contribution in [0, 0.1) is 0 Å². The summed E-state index contributed by atoms with van der Waals surface area (Å²) >= 11 is 0. The number of hydrogen-bond donors (Lipinski definition) is 2. The van der Waals surface area contributed by atoms with Gasteiger partial charge in [0.1, 0.15) is 0 Å². The van der Waals surface area contributed by atoms with E-state index in [-0.39, 0.29) is 30.0 Å². The van der Waals surface area contributed by atoms with E-state index in [1.54, 1.807) is 0 Å². The van der Waals surface area contributed by atoms with E-state index in [1.807, 2.05) is 13.8 Å². The summed E-state index contributed by atoms with van der Waals surface area (Å²) < 4.78 is 5.55. The molecule has 2 amide bonds. The summed E-state index contributed by atoms with van der Waals surface area (Å²) in [5.74, 6) is 0.210. The highest BCUT2D eigenvalue weighted by Crippen LogP contribution is 2.19. The number of nitrogens with one attached hydrogen (secondary N) is 2. The van der Waals surface area contributed by atoms with E-state index in [0.29, 0.717) is 12.6 Å². The van der Waals surface area contributed by atoms with E-state index in [2.05, 4.69) is 20.4 Å². The van der Waals surface area contributed by atoms with Gasteiger partial charge in [-0.15, -0.1) is 0 Å². The molecule has 3 unspecified atom stereocenters. The highest BCUT2D eigenvalue weighted by atomic mass is 16.5. The maximum Gasteiger partial charge on any atom is 0.237 e. The van der Waals surface area contributed by atoms with Gasteiger partial charge in [-0.2, -0.15) is 0 Å². The van der Waals surface area contributed by atoms with Crippen molar-refractivity contribution in [3.8, 4) is 0 Å². The first-order valence-corrected chi connectivity index (χ1v) is 9.72. The second-order valence-electron chi connectivity index (χ2n) is 7.59. The van der Waals surface area contributed by atoms with Gasteiger partial charge in [-0.1, -0.05) is 0 Å². The molecule has 1 saturated carbocycles. The fourth-order valence-corrected chi connectivity index (χ4v) is 3.56. The van der Waals surface area contributed by atoms with E-state index in [0.717, 1.165) is 58.5 Å². The molecule has 7 heteroatoms. The van der Waals surface area contributed by atoms with Crippen molar-refractivity contribution in [3.63, 3.8) is 0 Å². The van der Waals surface area contributed by atoms with Crippen LogP contribution in [0.2, 0.25) is 0 Å². The minimum absolute atomic E-state index is 0.0727. The quantitative estimate of drug-likeness (QED) is 0.672. The first-order chi connectivity index (χ1) is 12.0. The summed E-state index contributed by atoms with van der Waals surface area (Å²) in [7, 11) is 0. The number of amides is 2. The van der Waals surface area contributed by atoms with Gasteiger partial charge in [0.05, 0.1) is 18.2 Å². The number of hydrogen-bond acceptors (Lipinski definition) is 5. The molecule has 7 nitrogen and oxygen atoms in total. The zero-order valence-electron chi connectivity index (χ0n) is 15.5. The lowest BCUT2D eigenvalue weighted by Crippen LogP contribution is -2.58. The van der Waals surface area contributed by atoms with Crippen molar-refractivity contribution in [2.24, 2.45) is 0 Å².